The van der Waals surface area contributed by atoms with Gasteiger partial charge in [-0.2, -0.15) is 13.9 Å². The van der Waals surface area contributed by atoms with E-state index in [2.05, 4.69) is 25.1 Å². The van der Waals surface area contributed by atoms with E-state index in [1.165, 1.54) is 12.1 Å². The number of nitrogens with one attached hydrogen (secondary N) is 1. The Hall–Kier alpha value is -3.03. The van der Waals surface area contributed by atoms with E-state index in [9.17, 15) is 8.78 Å². The first kappa shape index (κ1) is 16.8. The molecule has 0 radical (unpaired) electrons. The van der Waals surface area contributed by atoms with Crippen LogP contribution in [0.2, 0.25) is 0 Å². The molecule has 0 amide bonds. The summed E-state index contributed by atoms with van der Waals surface area (Å²) in [5.41, 5.74) is 4.22. The van der Waals surface area contributed by atoms with Crippen molar-refractivity contribution in [2.24, 2.45) is 7.05 Å². The Labute approximate surface area is 143 Å². The third-order valence-electron chi connectivity index (χ3n) is 3.75. The Morgan fingerprint density at radius 2 is 1.84 bits per heavy atom. The minimum Gasteiger partial charge on any atom is -0.435 e. The van der Waals surface area contributed by atoms with Gasteiger partial charge in [0.15, 0.2) is 0 Å². The Morgan fingerprint density at radius 1 is 1.12 bits per heavy atom. The summed E-state index contributed by atoms with van der Waals surface area (Å²) in [5.74, 6) is 0.643. The van der Waals surface area contributed by atoms with Crippen LogP contribution >= 0.6 is 0 Å². The summed E-state index contributed by atoms with van der Waals surface area (Å²) in [6, 6.07) is 6.18. The first-order valence-electron chi connectivity index (χ1n) is 7.58. The first-order valence-corrected chi connectivity index (χ1v) is 7.58. The number of aromatic nitrogens is 4. The van der Waals surface area contributed by atoms with Crippen LogP contribution in [0, 0.1) is 13.8 Å². The standard InChI is InChI=1S/C17H17F2N5O/c1-10-16(11(2)24(3)23-10)14-8-20-9-15(22-14)21-12-4-6-13(7-5-12)25-17(18)19/h4-9,17H,1-3H3,(H,21,22). The fourth-order valence-electron chi connectivity index (χ4n) is 2.56. The molecule has 0 bridgehead atoms. The second-order valence-corrected chi connectivity index (χ2v) is 5.49. The van der Waals surface area contributed by atoms with E-state index in [1.807, 2.05) is 20.9 Å². The molecule has 0 aliphatic carbocycles. The number of ether oxygens (including phenoxy) is 1. The van der Waals surface area contributed by atoms with Crippen LogP contribution in [0.25, 0.3) is 11.3 Å². The number of hydrogen-bond acceptors (Lipinski definition) is 5. The van der Waals surface area contributed by atoms with E-state index in [1.54, 1.807) is 29.2 Å². The average molecular weight is 345 g/mol. The van der Waals surface area contributed by atoms with Crippen molar-refractivity contribution in [2.45, 2.75) is 20.5 Å². The Kier molecular flexibility index (Phi) is 4.60. The van der Waals surface area contributed by atoms with Crippen LogP contribution in [0.1, 0.15) is 11.4 Å². The number of hydrogen-bond donors (Lipinski definition) is 1. The Morgan fingerprint density at radius 3 is 2.44 bits per heavy atom. The average Bonchev–Trinajstić information content (AvgIpc) is 2.82. The quantitative estimate of drug-likeness (QED) is 0.761. The molecule has 130 valence electrons. The molecule has 0 unspecified atom stereocenters. The molecule has 0 aliphatic heterocycles. The monoisotopic (exact) mass is 345 g/mol. The smallest absolute Gasteiger partial charge is 0.387 e. The van der Waals surface area contributed by atoms with Gasteiger partial charge in [-0.1, -0.05) is 0 Å². The summed E-state index contributed by atoms with van der Waals surface area (Å²) in [6.45, 7) is 1.05. The second kappa shape index (κ2) is 6.84. The van der Waals surface area contributed by atoms with Crippen molar-refractivity contribution in [1.82, 2.24) is 19.7 Å². The predicted molar refractivity (Wildman–Crippen MR) is 90.1 cm³/mol. The largest absolute Gasteiger partial charge is 0.435 e. The molecule has 3 aromatic rings. The summed E-state index contributed by atoms with van der Waals surface area (Å²) in [5, 5.41) is 7.48. The molecule has 0 saturated carbocycles. The number of rotatable bonds is 5. The van der Waals surface area contributed by atoms with Crippen molar-refractivity contribution in [2.75, 3.05) is 5.32 Å². The van der Waals surface area contributed by atoms with Crippen molar-refractivity contribution >= 4 is 11.5 Å². The Bertz CT molecular complexity index is 877. The highest BCUT2D eigenvalue weighted by atomic mass is 19.3. The van der Waals surface area contributed by atoms with Crippen LogP contribution in [0.15, 0.2) is 36.7 Å². The zero-order valence-corrected chi connectivity index (χ0v) is 14.0. The lowest BCUT2D eigenvalue weighted by molar-refractivity contribution is -0.0498. The van der Waals surface area contributed by atoms with Gasteiger partial charge < -0.3 is 10.1 Å². The molecule has 2 aromatic heterocycles. The number of anilines is 2. The Balaban J connectivity index is 1.82. The summed E-state index contributed by atoms with van der Waals surface area (Å²) >= 11 is 0. The first-order chi connectivity index (χ1) is 11.9. The van der Waals surface area contributed by atoms with Crippen LogP contribution < -0.4 is 10.1 Å². The molecule has 25 heavy (non-hydrogen) atoms. The molecular weight excluding hydrogens is 328 g/mol. The van der Waals surface area contributed by atoms with Crippen LogP contribution in [0.4, 0.5) is 20.3 Å². The third kappa shape index (κ3) is 3.73. The zero-order chi connectivity index (χ0) is 18.0. The highest BCUT2D eigenvalue weighted by molar-refractivity contribution is 5.66. The lowest BCUT2D eigenvalue weighted by Crippen LogP contribution is -2.02. The van der Waals surface area contributed by atoms with Crippen molar-refractivity contribution in [3.63, 3.8) is 0 Å². The van der Waals surface area contributed by atoms with Gasteiger partial charge in [0, 0.05) is 24.0 Å². The van der Waals surface area contributed by atoms with Crippen LogP contribution in [0.5, 0.6) is 5.75 Å². The van der Waals surface area contributed by atoms with Gasteiger partial charge in [0.2, 0.25) is 0 Å². The van der Waals surface area contributed by atoms with Gasteiger partial charge in [-0.15, -0.1) is 0 Å². The number of aryl methyl sites for hydroxylation is 2. The number of benzene rings is 1. The van der Waals surface area contributed by atoms with Crippen LogP contribution in [-0.2, 0) is 7.05 Å². The zero-order valence-electron chi connectivity index (χ0n) is 14.0. The van der Waals surface area contributed by atoms with E-state index >= 15 is 0 Å². The van der Waals surface area contributed by atoms with E-state index in [0.29, 0.717) is 17.2 Å². The minimum atomic E-state index is -2.84. The van der Waals surface area contributed by atoms with E-state index in [-0.39, 0.29) is 5.75 Å². The maximum atomic E-state index is 12.2. The van der Waals surface area contributed by atoms with Gasteiger partial charge in [-0.05, 0) is 38.1 Å². The fraction of sp³-hybridized carbons (Fsp3) is 0.235. The molecule has 2 heterocycles. The SMILES string of the molecule is Cc1nn(C)c(C)c1-c1cncc(Nc2ccc(OC(F)F)cc2)n1. The van der Waals surface area contributed by atoms with Gasteiger partial charge in [-0.25, -0.2) is 4.98 Å². The number of halogens is 2. The molecule has 1 N–H and O–H groups in total. The molecule has 3 rings (SSSR count). The molecule has 1 aromatic carbocycles. The maximum absolute atomic E-state index is 12.2. The van der Waals surface area contributed by atoms with E-state index in [0.717, 1.165) is 17.0 Å². The van der Waals surface area contributed by atoms with Crippen LogP contribution in [-0.4, -0.2) is 26.4 Å². The van der Waals surface area contributed by atoms with Crippen LogP contribution in [0.3, 0.4) is 0 Å². The predicted octanol–water partition coefficient (Wildman–Crippen LogP) is 3.84. The lowest BCUT2D eigenvalue weighted by atomic mass is 10.1. The van der Waals surface area contributed by atoms with Crippen molar-refractivity contribution in [3.8, 4) is 17.0 Å². The van der Waals surface area contributed by atoms with Crippen molar-refractivity contribution < 1.29 is 13.5 Å². The van der Waals surface area contributed by atoms with Crippen molar-refractivity contribution in [3.05, 3.63) is 48.0 Å². The molecule has 0 saturated heterocycles. The summed E-state index contributed by atoms with van der Waals surface area (Å²) in [7, 11) is 1.88. The van der Waals surface area contributed by atoms with Gasteiger partial charge in [0.1, 0.15) is 11.6 Å². The molecular formula is C17H17F2N5O. The maximum Gasteiger partial charge on any atom is 0.387 e. The molecule has 6 nitrogen and oxygen atoms in total. The van der Waals surface area contributed by atoms with Gasteiger partial charge in [-0.3, -0.25) is 9.67 Å². The molecule has 0 spiro atoms. The normalized spacial score (nSPS) is 11.0. The number of nitrogens with zero attached hydrogens (tertiary/aromatic N) is 4. The highest BCUT2D eigenvalue weighted by Crippen LogP contribution is 2.26. The van der Waals surface area contributed by atoms with E-state index in [4.69, 9.17) is 0 Å². The molecule has 0 atom stereocenters. The topological polar surface area (TPSA) is 64.9 Å². The second-order valence-electron chi connectivity index (χ2n) is 5.49. The number of alkyl halides is 2. The molecule has 0 aliphatic rings. The lowest BCUT2D eigenvalue weighted by Gasteiger charge is -2.09. The summed E-state index contributed by atoms with van der Waals surface area (Å²) in [6.07, 6.45) is 3.27. The molecule has 8 heteroatoms. The summed E-state index contributed by atoms with van der Waals surface area (Å²) in [4.78, 5) is 8.79. The fourth-order valence-corrected chi connectivity index (χ4v) is 2.56. The van der Waals surface area contributed by atoms with Gasteiger partial charge in [0.25, 0.3) is 0 Å². The third-order valence-corrected chi connectivity index (χ3v) is 3.75. The minimum absolute atomic E-state index is 0.0991. The van der Waals surface area contributed by atoms with Gasteiger partial charge >= 0.3 is 6.61 Å². The van der Waals surface area contributed by atoms with E-state index < -0.39 is 6.61 Å². The van der Waals surface area contributed by atoms with Crippen molar-refractivity contribution in [1.29, 1.82) is 0 Å². The van der Waals surface area contributed by atoms with Gasteiger partial charge in [0.05, 0.1) is 23.8 Å². The summed E-state index contributed by atoms with van der Waals surface area (Å²) < 4.78 is 30.5. The molecule has 0 fully saturated rings. The highest BCUT2D eigenvalue weighted by Gasteiger charge is 2.14.